The number of carbonyl (C=O) groups excluding carboxylic acids is 1. The van der Waals surface area contributed by atoms with E-state index in [0.717, 1.165) is 27.6 Å². The van der Waals surface area contributed by atoms with Crippen LogP contribution in [0.3, 0.4) is 0 Å². The number of quaternary nitrogens is 1. The molecule has 0 aromatic heterocycles. The van der Waals surface area contributed by atoms with Crippen LogP contribution in [0.15, 0.2) is 42.5 Å². The fourth-order valence-electron chi connectivity index (χ4n) is 2.53. The SMILES string of the molecule is C[C@H](C(=O)Nc1ccc(Cl)cc1)[NH+](C)Cc1ccc2c(c1)OCO2. The second-order valence-electron chi connectivity index (χ2n) is 5.93. The maximum absolute atomic E-state index is 12.4. The third-order valence-corrected chi connectivity index (χ3v) is 4.42. The third-order valence-electron chi connectivity index (χ3n) is 4.16. The van der Waals surface area contributed by atoms with Crippen molar-refractivity contribution in [1.29, 1.82) is 0 Å². The molecule has 2 aromatic rings. The summed E-state index contributed by atoms with van der Waals surface area (Å²) >= 11 is 5.86. The number of hydrogen-bond acceptors (Lipinski definition) is 3. The molecular weight excluding hydrogens is 328 g/mol. The van der Waals surface area contributed by atoms with E-state index in [4.69, 9.17) is 21.1 Å². The number of fused-ring (bicyclic) bond motifs is 1. The molecule has 0 saturated carbocycles. The van der Waals surface area contributed by atoms with Crippen molar-refractivity contribution in [3.05, 3.63) is 53.1 Å². The first-order valence-electron chi connectivity index (χ1n) is 7.80. The lowest BCUT2D eigenvalue weighted by Gasteiger charge is -2.21. The lowest BCUT2D eigenvalue weighted by atomic mass is 10.1. The smallest absolute Gasteiger partial charge is 0.282 e. The van der Waals surface area contributed by atoms with E-state index in [1.807, 2.05) is 32.2 Å². The summed E-state index contributed by atoms with van der Waals surface area (Å²) in [7, 11) is 2.00. The molecular formula is C18H20ClN2O3+. The third kappa shape index (κ3) is 3.80. The number of nitrogens with one attached hydrogen (secondary N) is 2. The second kappa shape index (κ2) is 7.11. The monoisotopic (exact) mass is 347 g/mol. The molecule has 1 amide bonds. The minimum atomic E-state index is -0.203. The molecule has 24 heavy (non-hydrogen) atoms. The van der Waals surface area contributed by atoms with Crippen LogP contribution in [0, 0.1) is 0 Å². The van der Waals surface area contributed by atoms with Gasteiger partial charge in [0.25, 0.3) is 5.91 Å². The number of halogens is 1. The van der Waals surface area contributed by atoms with Crippen molar-refractivity contribution in [1.82, 2.24) is 0 Å². The standard InChI is InChI=1S/C18H19ClN2O3/c1-12(18(22)20-15-6-4-14(19)5-7-15)21(2)10-13-3-8-16-17(9-13)24-11-23-16/h3-9,12H,10-11H2,1-2H3,(H,20,22)/p+1/t12-/m1/s1. The molecule has 1 aliphatic rings. The average molecular weight is 348 g/mol. The molecule has 1 unspecified atom stereocenters. The van der Waals surface area contributed by atoms with Gasteiger partial charge in [-0.2, -0.15) is 0 Å². The number of ether oxygens (including phenoxy) is 2. The Kier molecular flexibility index (Phi) is 4.92. The van der Waals surface area contributed by atoms with Gasteiger partial charge in [-0.05, 0) is 49.4 Å². The number of carbonyl (C=O) groups is 1. The van der Waals surface area contributed by atoms with E-state index in [1.54, 1.807) is 24.3 Å². The molecule has 5 nitrogen and oxygen atoms in total. The molecule has 0 bridgehead atoms. The Morgan fingerprint density at radius 3 is 2.67 bits per heavy atom. The van der Waals surface area contributed by atoms with Crippen molar-refractivity contribution in [2.75, 3.05) is 19.2 Å². The topological polar surface area (TPSA) is 52.0 Å². The van der Waals surface area contributed by atoms with Crippen molar-refractivity contribution in [3.8, 4) is 11.5 Å². The van der Waals surface area contributed by atoms with Crippen molar-refractivity contribution in [3.63, 3.8) is 0 Å². The van der Waals surface area contributed by atoms with Crippen LogP contribution >= 0.6 is 11.6 Å². The van der Waals surface area contributed by atoms with Crippen molar-refractivity contribution < 1.29 is 19.2 Å². The zero-order valence-electron chi connectivity index (χ0n) is 13.6. The van der Waals surface area contributed by atoms with Crippen LogP contribution < -0.4 is 19.7 Å². The fraction of sp³-hybridized carbons (Fsp3) is 0.278. The Morgan fingerprint density at radius 2 is 1.92 bits per heavy atom. The molecule has 0 radical (unpaired) electrons. The number of amides is 1. The first-order valence-corrected chi connectivity index (χ1v) is 8.18. The normalized spacial score (nSPS) is 15.0. The summed E-state index contributed by atoms with van der Waals surface area (Å²) < 4.78 is 10.7. The maximum atomic E-state index is 12.4. The molecule has 0 fully saturated rings. The van der Waals surface area contributed by atoms with Crippen LogP contribution in [0.25, 0.3) is 0 Å². The summed E-state index contributed by atoms with van der Waals surface area (Å²) in [6, 6.07) is 12.8. The van der Waals surface area contributed by atoms with Gasteiger partial charge in [0.05, 0.1) is 7.05 Å². The summed E-state index contributed by atoms with van der Waals surface area (Å²) in [5.74, 6) is 1.50. The van der Waals surface area contributed by atoms with Gasteiger partial charge in [-0.3, -0.25) is 4.79 Å². The first-order chi connectivity index (χ1) is 11.5. The van der Waals surface area contributed by atoms with Crippen molar-refractivity contribution >= 4 is 23.2 Å². The van der Waals surface area contributed by atoms with Gasteiger partial charge in [-0.1, -0.05) is 11.6 Å². The number of likely N-dealkylation sites (N-methyl/N-ethyl adjacent to an activating group) is 1. The molecule has 0 aliphatic carbocycles. The van der Waals surface area contributed by atoms with Crippen LogP contribution in [-0.4, -0.2) is 25.8 Å². The van der Waals surface area contributed by atoms with Crippen LogP contribution in [-0.2, 0) is 11.3 Å². The zero-order chi connectivity index (χ0) is 17.1. The molecule has 0 spiro atoms. The van der Waals surface area contributed by atoms with Gasteiger partial charge in [0, 0.05) is 16.3 Å². The van der Waals surface area contributed by atoms with E-state index in [2.05, 4.69) is 5.32 Å². The highest BCUT2D eigenvalue weighted by molar-refractivity contribution is 6.30. The van der Waals surface area contributed by atoms with E-state index >= 15 is 0 Å². The van der Waals surface area contributed by atoms with Gasteiger partial charge in [-0.15, -0.1) is 0 Å². The molecule has 3 rings (SSSR count). The second-order valence-corrected chi connectivity index (χ2v) is 6.37. The predicted octanol–water partition coefficient (Wildman–Crippen LogP) is 2.11. The Bertz CT molecular complexity index is 734. The highest BCUT2D eigenvalue weighted by atomic mass is 35.5. The number of rotatable bonds is 5. The van der Waals surface area contributed by atoms with Gasteiger partial charge >= 0.3 is 0 Å². The van der Waals surface area contributed by atoms with E-state index in [9.17, 15) is 4.79 Å². The van der Waals surface area contributed by atoms with E-state index in [0.29, 0.717) is 11.6 Å². The van der Waals surface area contributed by atoms with E-state index in [-0.39, 0.29) is 18.7 Å². The Labute approximate surface area is 146 Å². The van der Waals surface area contributed by atoms with Crippen LogP contribution in [0.1, 0.15) is 12.5 Å². The summed E-state index contributed by atoms with van der Waals surface area (Å²) in [5, 5.41) is 3.56. The van der Waals surface area contributed by atoms with Crippen molar-refractivity contribution in [2.24, 2.45) is 0 Å². The number of hydrogen-bond donors (Lipinski definition) is 2. The highest BCUT2D eigenvalue weighted by Gasteiger charge is 2.23. The van der Waals surface area contributed by atoms with Gasteiger partial charge < -0.3 is 19.7 Å². The summed E-state index contributed by atoms with van der Waals surface area (Å²) in [6.07, 6.45) is 0. The van der Waals surface area contributed by atoms with Crippen LogP contribution in [0.2, 0.25) is 5.02 Å². The largest absolute Gasteiger partial charge is 0.454 e. The van der Waals surface area contributed by atoms with Crippen molar-refractivity contribution in [2.45, 2.75) is 19.5 Å². The Morgan fingerprint density at radius 1 is 1.21 bits per heavy atom. The molecule has 2 aromatic carbocycles. The van der Waals surface area contributed by atoms with Gasteiger partial charge in [0.15, 0.2) is 17.5 Å². The molecule has 6 heteroatoms. The zero-order valence-corrected chi connectivity index (χ0v) is 14.4. The molecule has 2 N–H and O–H groups in total. The van der Waals surface area contributed by atoms with Gasteiger partial charge in [0.2, 0.25) is 6.79 Å². The molecule has 1 aliphatic heterocycles. The highest BCUT2D eigenvalue weighted by Crippen LogP contribution is 2.32. The maximum Gasteiger partial charge on any atom is 0.282 e. The van der Waals surface area contributed by atoms with Gasteiger partial charge in [-0.25, -0.2) is 0 Å². The molecule has 126 valence electrons. The lowest BCUT2D eigenvalue weighted by Crippen LogP contribution is -3.12. The first kappa shape index (κ1) is 16.6. The quantitative estimate of drug-likeness (QED) is 0.871. The average Bonchev–Trinajstić information content (AvgIpc) is 3.03. The number of anilines is 1. The summed E-state index contributed by atoms with van der Waals surface area (Å²) in [5.41, 5.74) is 1.84. The minimum absolute atomic E-state index is 0.0319. The number of benzene rings is 2. The molecule has 2 atom stereocenters. The fourth-order valence-corrected chi connectivity index (χ4v) is 2.66. The lowest BCUT2D eigenvalue weighted by molar-refractivity contribution is -0.907. The molecule has 0 saturated heterocycles. The minimum Gasteiger partial charge on any atom is -0.454 e. The summed E-state index contributed by atoms with van der Waals surface area (Å²) in [4.78, 5) is 13.5. The van der Waals surface area contributed by atoms with E-state index < -0.39 is 0 Å². The predicted molar refractivity (Wildman–Crippen MR) is 92.7 cm³/mol. The van der Waals surface area contributed by atoms with E-state index in [1.165, 1.54) is 0 Å². The van der Waals surface area contributed by atoms with Crippen LogP contribution in [0.5, 0.6) is 11.5 Å². The van der Waals surface area contributed by atoms with Crippen LogP contribution in [0.4, 0.5) is 5.69 Å². The summed E-state index contributed by atoms with van der Waals surface area (Å²) in [6.45, 7) is 2.89. The van der Waals surface area contributed by atoms with Gasteiger partial charge in [0.1, 0.15) is 6.54 Å². The Hall–Kier alpha value is -2.24. The Balaban J connectivity index is 1.60. The molecule has 1 heterocycles.